The summed E-state index contributed by atoms with van der Waals surface area (Å²) in [5.74, 6) is 1.63. The van der Waals surface area contributed by atoms with Crippen LogP contribution in [0.1, 0.15) is 64.5 Å². The summed E-state index contributed by atoms with van der Waals surface area (Å²) in [4.78, 5) is 0. The first-order valence-electron chi connectivity index (χ1n) is 8.16. The fourth-order valence-electron chi connectivity index (χ4n) is 3.91. The van der Waals surface area contributed by atoms with Crippen LogP contribution in [0.5, 0.6) is 5.75 Å². The van der Waals surface area contributed by atoms with Gasteiger partial charge in [-0.05, 0) is 55.7 Å². The number of ether oxygens (including phenoxy) is 1. The van der Waals surface area contributed by atoms with Crippen molar-refractivity contribution < 1.29 is 4.74 Å². The van der Waals surface area contributed by atoms with Crippen molar-refractivity contribution in [3.8, 4) is 5.75 Å². The summed E-state index contributed by atoms with van der Waals surface area (Å²) in [5, 5.41) is 0. The van der Waals surface area contributed by atoms with Crippen LogP contribution in [0.3, 0.4) is 0 Å². The third kappa shape index (κ3) is 3.81. The van der Waals surface area contributed by atoms with Crippen LogP contribution in [0.2, 0.25) is 0 Å². The zero-order valence-corrected chi connectivity index (χ0v) is 15.1. The minimum absolute atomic E-state index is 0.0569. The Labute approximate surface area is 137 Å². The second kappa shape index (κ2) is 7.15. The molecular formula is C18H28BrNO. The highest BCUT2D eigenvalue weighted by molar-refractivity contribution is 9.10. The molecule has 3 heteroatoms. The summed E-state index contributed by atoms with van der Waals surface area (Å²) in [7, 11) is 0. The Morgan fingerprint density at radius 3 is 2.52 bits per heavy atom. The molecule has 1 aromatic rings. The van der Waals surface area contributed by atoms with Gasteiger partial charge in [0.1, 0.15) is 5.75 Å². The Hall–Kier alpha value is -0.540. The van der Waals surface area contributed by atoms with Crippen molar-refractivity contribution in [3.63, 3.8) is 0 Å². The van der Waals surface area contributed by atoms with Gasteiger partial charge in [0.15, 0.2) is 0 Å². The van der Waals surface area contributed by atoms with Crippen LogP contribution in [0.15, 0.2) is 22.7 Å². The number of nitrogens with two attached hydrogens (primary N) is 1. The van der Waals surface area contributed by atoms with Crippen molar-refractivity contribution in [2.24, 2.45) is 17.1 Å². The molecular weight excluding hydrogens is 326 g/mol. The molecule has 1 unspecified atom stereocenters. The van der Waals surface area contributed by atoms with Crippen molar-refractivity contribution in [1.29, 1.82) is 0 Å². The Morgan fingerprint density at radius 1 is 1.29 bits per heavy atom. The predicted octanol–water partition coefficient (Wildman–Crippen LogP) is 5.45. The van der Waals surface area contributed by atoms with Gasteiger partial charge in [0.05, 0.1) is 6.61 Å². The van der Waals surface area contributed by atoms with Gasteiger partial charge in [-0.1, -0.05) is 42.6 Å². The van der Waals surface area contributed by atoms with E-state index >= 15 is 0 Å². The van der Waals surface area contributed by atoms with E-state index in [9.17, 15) is 0 Å². The van der Waals surface area contributed by atoms with Gasteiger partial charge in [-0.2, -0.15) is 0 Å². The number of halogens is 1. The van der Waals surface area contributed by atoms with E-state index in [-0.39, 0.29) is 11.5 Å². The van der Waals surface area contributed by atoms with Crippen LogP contribution in [0.25, 0.3) is 0 Å². The van der Waals surface area contributed by atoms with E-state index in [0.29, 0.717) is 12.5 Å². The molecule has 0 radical (unpaired) electrons. The van der Waals surface area contributed by atoms with E-state index in [1.165, 1.54) is 32.1 Å². The van der Waals surface area contributed by atoms with Crippen molar-refractivity contribution in [3.05, 3.63) is 28.2 Å². The zero-order valence-electron chi connectivity index (χ0n) is 13.5. The van der Waals surface area contributed by atoms with Crippen LogP contribution in [-0.2, 0) is 0 Å². The molecule has 2 nitrogen and oxygen atoms in total. The summed E-state index contributed by atoms with van der Waals surface area (Å²) in [6.07, 6.45) is 6.29. The molecule has 1 saturated carbocycles. The molecule has 21 heavy (non-hydrogen) atoms. The molecule has 2 rings (SSSR count). The molecule has 1 atom stereocenters. The maximum Gasteiger partial charge on any atom is 0.124 e. The molecule has 0 saturated heterocycles. The number of rotatable bonds is 6. The third-order valence-corrected chi connectivity index (χ3v) is 5.17. The molecule has 1 fully saturated rings. The van der Waals surface area contributed by atoms with E-state index in [0.717, 1.165) is 15.8 Å². The lowest BCUT2D eigenvalue weighted by molar-refractivity contribution is 0.179. The molecule has 0 spiro atoms. The minimum atomic E-state index is 0.0569. The van der Waals surface area contributed by atoms with E-state index in [1.54, 1.807) is 0 Å². The molecule has 0 amide bonds. The minimum Gasteiger partial charge on any atom is -0.494 e. The van der Waals surface area contributed by atoms with E-state index in [1.807, 2.05) is 19.1 Å². The van der Waals surface area contributed by atoms with Gasteiger partial charge in [0, 0.05) is 16.1 Å². The largest absolute Gasteiger partial charge is 0.494 e. The number of benzene rings is 1. The Morgan fingerprint density at radius 2 is 1.95 bits per heavy atom. The predicted molar refractivity (Wildman–Crippen MR) is 92.6 cm³/mol. The summed E-state index contributed by atoms with van der Waals surface area (Å²) in [5.41, 5.74) is 8.18. The second-order valence-electron chi connectivity index (χ2n) is 6.76. The van der Waals surface area contributed by atoms with Gasteiger partial charge in [-0.15, -0.1) is 0 Å². The average molecular weight is 354 g/mol. The first-order valence-corrected chi connectivity index (χ1v) is 8.95. The maximum atomic E-state index is 6.78. The van der Waals surface area contributed by atoms with Gasteiger partial charge < -0.3 is 10.5 Å². The van der Waals surface area contributed by atoms with Gasteiger partial charge in [0.25, 0.3) is 0 Å². The standard InChI is InChI=1S/C18H28BrNO/c1-4-21-16-8-7-14(19)11-15(16)17(20)18(12-13(2)3)9-5-6-10-18/h7-8,11,13,17H,4-6,9-10,12,20H2,1-3H3. The normalized spacial score (nSPS) is 19.0. The average Bonchev–Trinajstić information content (AvgIpc) is 2.89. The van der Waals surface area contributed by atoms with Crippen LogP contribution < -0.4 is 10.5 Å². The molecule has 0 heterocycles. The van der Waals surface area contributed by atoms with Crippen molar-refractivity contribution in [2.75, 3.05) is 6.61 Å². The fourth-order valence-corrected chi connectivity index (χ4v) is 4.29. The molecule has 118 valence electrons. The SMILES string of the molecule is CCOc1ccc(Br)cc1C(N)C1(CC(C)C)CCCC1. The summed E-state index contributed by atoms with van der Waals surface area (Å²) < 4.78 is 6.90. The lowest BCUT2D eigenvalue weighted by Gasteiger charge is -2.38. The Balaban J connectivity index is 2.36. The van der Waals surface area contributed by atoms with Crippen molar-refractivity contribution >= 4 is 15.9 Å². The van der Waals surface area contributed by atoms with Gasteiger partial charge in [-0.25, -0.2) is 0 Å². The highest BCUT2D eigenvalue weighted by atomic mass is 79.9. The van der Waals surface area contributed by atoms with Crippen molar-refractivity contribution in [1.82, 2.24) is 0 Å². The van der Waals surface area contributed by atoms with Crippen LogP contribution >= 0.6 is 15.9 Å². The summed E-state index contributed by atoms with van der Waals surface area (Å²) in [6, 6.07) is 6.28. The highest BCUT2D eigenvalue weighted by Crippen LogP contribution is 2.52. The Bertz CT molecular complexity index is 466. The summed E-state index contributed by atoms with van der Waals surface area (Å²) >= 11 is 3.58. The number of hydrogen-bond acceptors (Lipinski definition) is 2. The molecule has 1 aromatic carbocycles. The monoisotopic (exact) mass is 353 g/mol. The van der Waals surface area contributed by atoms with Gasteiger partial charge >= 0.3 is 0 Å². The first kappa shape index (κ1) is 16.8. The van der Waals surface area contributed by atoms with Gasteiger partial charge in [-0.3, -0.25) is 0 Å². The molecule has 1 aliphatic rings. The molecule has 1 aliphatic carbocycles. The second-order valence-corrected chi connectivity index (χ2v) is 7.68. The van der Waals surface area contributed by atoms with E-state index < -0.39 is 0 Å². The van der Waals surface area contributed by atoms with Crippen LogP contribution in [-0.4, -0.2) is 6.61 Å². The topological polar surface area (TPSA) is 35.2 Å². The first-order chi connectivity index (χ1) is 9.98. The zero-order chi connectivity index (χ0) is 15.5. The lowest BCUT2D eigenvalue weighted by Crippen LogP contribution is -2.34. The smallest absolute Gasteiger partial charge is 0.124 e. The molecule has 2 N–H and O–H groups in total. The van der Waals surface area contributed by atoms with Crippen LogP contribution in [0.4, 0.5) is 0 Å². The van der Waals surface area contributed by atoms with E-state index in [4.69, 9.17) is 10.5 Å². The summed E-state index contributed by atoms with van der Waals surface area (Å²) in [6.45, 7) is 7.31. The molecule has 0 aromatic heterocycles. The maximum absolute atomic E-state index is 6.78. The van der Waals surface area contributed by atoms with Crippen LogP contribution in [0, 0.1) is 11.3 Å². The molecule has 0 bridgehead atoms. The number of hydrogen-bond donors (Lipinski definition) is 1. The fraction of sp³-hybridized carbons (Fsp3) is 0.667. The third-order valence-electron chi connectivity index (χ3n) is 4.68. The lowest BCUT2D eigenvalue weighted by atomic mass is 9.70. The van der Waals surface area contributed by atoms with Gasteiger partial charge in [0.2, 0.25) is 0 Å². The van der Waals surface area contributed by atoms with E-state index in [2.05, 4.69) is 35.8 Å². The quantitative estimate of drug-likeness (QED) is 0.737. The highest BCUT2D eigenvalue weighted by Gasteiger charge is 2.41. The van der Waals surface area contributed by atoms with Crippen molar-refractivity contribution in [2.45, 2.75) is 58.9 Å². The Kier molecular flexibility index (Phi) is 5.73. The molecule has 0 aliphatic heterocycles.